The number of amides is 2. The Labute approximate surface area is 135 Å². The molecule has 1 aromatic heterocycles. The third-order valence-electron chi connectivity index (χ3n) is 3.30. The predicted octanol–water partition coefficient (Wildman–Crippen LogP) is 2.81. The van der Waals surface area contributed by atoms with Gasteiger partial charge in [0.1, 0.15) is 0 Å². The zero-order chi connectivity index (χ0) is 15.8. The normalized spacial score (nSPS) is 11.9. The van der Waals surface area contributed by atoms with E-state index in [0.29, 0.717) is 6.54 Å². The van der Waals surface area contributed by atoms with Gasteiger partial charge in [0.2, 0.25) is 0 Å². The molecule has 0 aliphatic carbocycles. The summed E-state index contributed by atoms with van der Waals surface area (Å²) in [5.74, 6) is 1.05. The molecule has 2 N–H and O–H groups in total. The Morgan fingerprint density at radius 1 is 1.45 bits per heavy atom. The minimum atomic E-state index is -0.123. The highest BCUT2D eigenvalue weighted by Gasteiger charge is 2.06. The Balaban J connectivity index is 1.84. The van der Waals surface area contributed by atoms with Crippen LogP contribution < -0.4 is 10.6 Å². The highest BCUT2D eigenvalue weighted by atomic mass is 32.2. The number of thioether (sulfide) groups is 1. The number of imidazole rings is 1. The number of urea groups is 1. The van der Waals surface area contributed by atoms with E-state index in [1.807, 2.05) is 42.0 Å². The first-order valence-corrected chi connectivity index (χ1v) is 8.69. The largest absolute Gasteiger partial charge is 0.336 e. The van der Waals surface area contributed by atoms with Crippen molar-refractivity contribution in [2.45, 2.75) is 25.9 Å². The predicted molar refractivity (Wildman–Crippen MR) is 91.4 cm³/mol. The number of hydrogen-bond donors (Lipinski definition) is 2. The summed E-state index contributed by atoms with van der Waals surface area (Å²) < 4.78 is 1.94. The average molecular weight is 318 g/mol. The quantitative estimate of drug-likeness (QED) is 0.825. The van der Waals surface area contributed by atoms with Gasteiger partial charge in [-0.15, -0.1) is 0 Å². The monoisotopic (exact) mass is 318 g/mol. The smallest absolute Gasteiger partial charge is 0.315 e. The fraction of sp³-hybridized carbons (Fsp3) is 0.375. The molecule has 0 radical (unpaired) electrons. The van der Waals surface area contributed by atoms with Crippen molar-refractivity contribution >= 4 is 17.8 Å². The van der Waals surface area contributed by atoms with Crippen molar-refractivity contribution in [3.8, 4) is 5.69 Å². The maximum Gasteiger partial charge on any atom is 0.315 e. The van der Waals surface area contributed by atoms with Gasteiger partial charge in [-0.05, 0) is 43.0 Å². The van der Waals surface area contributed by atoms with E-state index in [0.717, 1.165) is 23.4 Å². The Morgan fingerprint density at radius 2 is 2.32 bits per heavy atom. The van der Waals surface area contributed by atoms with Crippen molar-refractivity contribution in [3.05, 3.63) is 48.5 Å². The van der Waals surface area contributed by atoms with Crippen LogP contribution in [0, 0.1) is 0 Å². The Kier molecular flexibility index (Phi) is 6.33. The van der Waals surface area contributed by atoms with E-state index < -0.39 is 0 Å². The van der Waals surface area contributed by atoms with Gasteiger partial charge in [0.05, 0.1) is 6.33 Å². The van der Waals surface area contributed by atoms with Gasteiger partial charge in [-0.1, -0.05) is 12.1 Å². The van der Waals surface area contributed by atoms with Gasteiger partial charge in [-0.3, -0.25) is 0 Å². The van der Waals surface area contributed by atoms with E-state index in [1.165, 1.54) is 0 Å². The molecular formula is C16H22N4OS. The number of carbonyl (C=O) groups is 1. The summed E-state index contributed by atoms with van der Waals surface area (Å²) in [7, 11) is 0. The SMILES string of the molecule is CSCC[C@H](C)NC(=O)NCc1cccc(-n2ccnc2)c1. The molecule has 0 fully saturated rings. The van der Waals surface area contributed by atoms with Crippen LogP contribution in [0.4, 0.5) is 4.79 Å². The molecule has 0 saturated heterocycles. The van der Waals surface area contributed by atoms with E-state index in [-0.39, 0.29) is 12.1 Å². The van der Waals surface area contributed by atoms with Gasteiger partial charge < -0.3 is 15.2 Å². The van der Waals surface area contributed by atoms with E-state index in [9.17, 15) is 4.79 Å². The molecule has 0 saturated carbocycles. The lowest BCUT2D eigenvalue weighted by atomic mass is 10.2. The van der Waals surface area contributed by atoms with Gasteiger partial charge >= 0.3 is 6.03 Å². The molecule has 2 amide bonds. The van der Waals surface area contributed by atoms with E-state index in [4.69, 9.17) is 0 Å². The van der Waals surface area contributed by atoms with E-state index in [1.54, 1.807) is 24.3 Å². The number of hydrogen-bond acceptors (Lipinski definition) is 3. The molecule has 2 rings (SSSR count). The van der Waals surface area contributed by atoms with Gasteiger partial charge in [-0.2, -0.15) is 11.8 Å². The Hall–Kier alpha value is -1.95. The molecule has 2 aromatic rings. The highest BCUT2D eigenvalue weighted by Crippen LogP contribution is 2.10. The lowest BCUT2D eigenvalue weighted by Crippen LogP contribution is -2.40. The molecule has 0 bridgehead atoms. The molecule has 22 heavy (non-hydrogen) atoms. The molecule has 1 aromatic carbocycles. The van der Waals surface area contributed by atoms with Crippen molar-refractivity contribution in [3.63, 3.8) is 0 Å². The molecule has 0 aliphatic heterocycles. The van der Waals surface area contributed by atoms with Crippen LogP contribution in [-0.4, -0.2) is 33.6 Å². The van der Waals surface area contributed by atoms with Crippen LogP contribution in [0.5, 0.6) is 0 Å². The molecule has 118 valence electrons. The topological polar surface area (TPSA) is 59.0 Å². The third kappa shape index (κ3) is 5.11. The standard InChI is InChI=1S/C16H22N4OS/c1-13(6-9-22-2)19-16(21)18-11-14-4-3-5-15(10-14)20-8-7-17-12-20/h3-5,7-8,10,12-13H,6,9,11H2,1-2H3,(H2,18,19,21)/t13-/m0/s1. The molecular weight excluding hydrogens is 296 g/mol. The summed E-state index contributed by atoms with van der Waals surface area (Å²) in [6.07, 6.45) is 8.44. The second-order valence-electron chi connectivity index (χ2n) is 5.15. The number of benzene rings is 1. The van der Waals surface area contributed by atoms with Crippen LogP contribution in [0.1, 0.15) is 18.9 Å². The van der Waals surface area contributed by atoms with Crippen LogP contribution in [-0.2, 0) is 6.54 Å². The first kappa shape index (κ1) is 16.4. The molecule has 0 spiro atoms. The van der Waals surface area contributed by atoms with Crippen LogP contribution in [0.3, 0.4) is 0 Å². The van der Waals surface area contributed by atoms with Crippen molar-refractivity contribution in [1.29, 1.82) is 0 Å². The summed E-state index contributed by atoms with van der Waals surface area (Å²) in [4.78, 5) is 15.9. The van der Waals surface area contributed by atoms with Crippen molar-refractivity contribution in [2.24, 2.45) is 0 Å². The first-order valence-electron chi connectivity index (χ1n) is 7.29. The molecule has 6 heteroatoms. The molecule has 0 unspecified atom stereocenters. The third-order valence-corrected chi connectivity index (χ3v) is 3.94. The van der Waals surface area contributed by atoms with Crippen LogP contribution in [0.2, 0.25) is 0 Å². The molecule has 1 heterocycles. The van der Waals surface area contributed by atoms with Gasteiger partial charge in [-0.25, -0.2) is 9.78 Å². The Bertz CT molecular complexity index is 586. The highest BCUT2D eigenvalue weighted by molar-refractivity contribution is 7.98. The first-order chi connectivity index (χ1) is 10.7. The number of carbonyl (C=O) groups excluding carboxylic acids is 1. The van der Waals surface area contributed by atoms with E-state index in [2.05, 4.69) is 21.9 Å². The Morgan fingerprint density at radius 3 is 3.05 bits per heavy atom. The summed E-state index contributed by atoms with van der Waals surface area (Å²) in [6.45, 7) is 2.53. The average Bonchev–Trinajstić information content (AvgIpc) is 3.06. The van der Waals surface area contributed by atoms with Gasteiger partial charge in [0.25, 0.3) is 0 Å². The van der Waals surface area contributed by atoms with E-state index >= 15 is 0 Å². The number of nitrogens with zero attached hydrogens (tertiary/aromatic N) is 2. The summed E-state index contributed by atoms with van der Waals surface area (Å²) in [5.41, 5.74) is 2.09. The second-order valence-corrected chi connectivity index (χ2v) is 6.13. The maximum atomic E-state index is 11.9. The number of nitrogens with one attached hydrogen (secondary N) is 2. The zero-order valence-corrected chi connectivity index (χ0v) is 13.8. The van der Waals surface area contributed by atoms with Gasteiger partial charge in [0.15, 0.2) is 0 Å². The summed E-state index contributed by atoms with van der Waals surface area (Å²) >= 11 is 1.79. The number of rotatable bonds is 7. The summed E-state index contributed by atoms with van der Waals surface area (Å²) in [6, 6.07) is 8.09. The second kappa shape index (κ2) is 8.48. The molecule has 0 aliphatic rings. The lowest BCUT2D eigenvalue weighted by Gasteiger charge is -2.14. The van der Waals surface area contributed by atoms with Crippen LogP contribution in [0.25, 0.3) is 5.69 Å². The zero-order valence-electron chi connectivity index (χ0n) is 13.0. The molecule has 5 nitrogen and oxygen atoms in total. The fourth-order valence-corrected chi connectivity index (χ4v) is 2.65. The maximum absolute atomic E-state index is 11.9. The lowest BCUT2D eigenvalue weighted by molar-refractivity contribution is 0.237. The van der Waals surface area contributed by atoms with Gasteiger partial charge in [0, 0.05) is 30.7 Å². The van der Waals surface area contributed by atoms with Crippen molar-refractivity contribution < 1.29 is 4.79 Å². The minimum absolute atomic E-state index is 0.123. The minimum Gasteiger partial charge on any atom is -0.336 e. The number of aromatic nitrogens is 2. The summed E-state index contributed by atoms with van der Waals surface area (Å²) in [5, 5.41) is 5.85. The molecule has 1 atom stereocenters. The van der Waals surface area contributed by atoms with Crippen LogP contribution in [0.15, 0.2) is 43.0 Å². The van der Waals surface area contributed by atoms with Crippen LogP contribution >= 0.6 is 11.8 Å². The van der Waals surface area contributed by atoms with Crippen molar-refractivity contribution in [1.82, 2.24) is 20.2 Å². The van der Waals surface area contributed by atoms with Crippen molar-refractivity contribution in [2.75, 3.05) is 12.0 Å². The fourth-order valence-electron chi connectivity index (χ4n) is 2.06.